The Bertz CT molecular complexity index is 587. The molecule has 0 saturated heterocycles. The quantitative estimate of drug-likeness (QED) is 0.469. The second-order valence-corrected chi connectivity index (χ2v) is 6.68. The fourth-order valence-corrected chi connectivity index (χ4v) is 2.99. The van der Waals surface area contributed by atoms with E-state index in [-0.39, 0.29) is 24.7 Å². The lowest BCUT2D eigenvalue weighted by Crippen LogP contribution is -2.56. The average Bonchev–Trinajstić information content (AvgIpc) is 2.57. The van der Waals surface area contributed by atoms with E-state index in [0.29, 0.717) is 13.1 Å². The smallest absolute Gasteiger partial charge is 0.317 e. The van der Waals surface area contributed by atoms with Gasteiger partial charge in [-0.15, -0.1) is 0 Å². The maximum absolute atomic E-state index is 11.9. The van der Waals surface area contributed by atoms with Crippen LogP contribution in [0.15, 0.2) is 18.3 Å². The molecule has 0 aromatic carbocycles. The monoisotopic (exact) mass is 363 g/mol. The number of pyridine rings is 1. The highest BCUT2D eigenvalue weighted by Gasteiger charge is 2.34. The zero-order valence-electron chi connectivity index (χ0n) is 15.5. The van der Waals surface area contributed by atoms with Crippen LogP contribution in [0.4, 0.5) is 10.6 Å². The van der Waals surface area contributed by atoms with Crippen molar-refractivity contribution >= 4 is 17.8 Å². The lowest BCUT2D eigenvalue weighted by atomic mass is 9.85. The van der Waals surface area contributed by atoms with Crippen LogP contribution < -0.4 is 16.0 Å². The molecule has 1 aromatic rings. The SMILES string of the molecule is CCN(CC(=O)O)C1CC(NC(=O)NCCCNc2ccc(C)cn2)C1. The van der Waals surface area contributed by atoms with Crippen LogP contribution in [0.3, 0.4) is 0 Å². The van der Waals surface area contributed by atoms with E-state index in [1.54, 1.807) is 0 Å². The molecule has 8 nitrogen and oxygen atoms in total. The standard InChI is InChI=1S/C18H29N5O3/c1-3-23(12-17(24)25)15-9-14(10-15)22-18(26)20-8-4-7-19-16-6-5-13(2)11-21-16/h5-6,11,14-15H,3-4,7-10,12H2,1-2H3,(H,19,21)(H,24,25)(H2,20,22,26). The normalized spacial score (nSPS) is 18.9. The van der Waals surface area contributed by atoms with Crippen molar-refractivity contribution in [2.24, 2.45) is 0 Å². The van der Waals surface area contributed by atoms with Gasteiger partial charge in [-0.25, -0.2) is 9.78 Å². The van der Waals surface area contributed by atoms with Gasteiger partial charge in [-0.05, 0) is 44.4 Å². The van der Waals surface area contributed by atoms with Gasteiger partial charge in [0.1, 0.15) is 5.82 Å². The van der Waals surface area contributed by atoms with Gasteiger partial charge < -0.3 is 21.1 Å². The first-order valence-electron chi connectivity index (χ1n) is 9.14. The third-order valence-corrected chi connectivity index (χ3v) is 4.57. The summed E-state index contributed by atoms with van der Waals surface area (Å²) < 4.78 is 0. The lowest BCUT2D eigenvalue weighted by molar-refractivity contribution is -0.139. The third kappa shape index (κ3) is 6.51. The number of aliphatic carboxylic acids is 1. The van der Waals surface area contributed by atoms with Crippen LogP contribution in [0.25, 0.3) is 0 Å². The van der Waals surface area contributed by atoms with Crippen LogP contribution in [-0.2, 0) is 4.79 Å². The second-order valence-electron chi connectivity index (χ2n) is 6.68. The Morgan fingerprint density at radius 1 is 1.31 bits per heavy atom. The number of carboxylic acid groups (broad SMARTS) is 1. The molecule has 0 aliphatic heterocycles. The molecular weight excluding hydrogens is 334 g/mol. The molecule has 4 N–H and O–H groups in total. The molecule has 1 aromatic heterocycles. The minimum atomic E-state index is -0.810. The number of aryl methyl sites for hydroxylation is 1. The number of carbonyl (C=O) groups is 2. The molecule has 2 rings (SSSR count). The minimum Gasteiger partial charge on any atom is -0.480 e. The van der Waals surface area contributed by atoms with Gasteiger partial charge in [-0.2, -0.15) is 0 Å². The molecule has 0 radical (unpaired) electrons. The van der Waals surface area contributed by atoms with Crippen molar-refractivity contribution in [1.82, 2.24) is 20.5 Å². The first-order chi connectivity index (χ1) is 12.5. The number of carboxylic acids is 1. The Balaban J connectivity index is 1.53. The number of nitrogens with one attached hydrogen (secondary N) is 3. The zero-order chi connectivity index (χ0) is 18.9. The van der Waals surface area contributed by atoms with Gasteiger partial charge in [0, 0.05) is 31.4 Å². The topological polar surface area (TPSA) is 107 Å². The number of anilines is 1. The molecule has 1 heterocycles. The molecule has 2 amide bonds. The van der Waals surface area contributed by atoms with Crippen molar-refractivity contribution in [1.29, 1.82) is 0 Å². The van der Waals surface area contributed by atoms with E-state index >= 15 is 0 Å². The predicted molar refractivity (Wildman–Crippen MR) is 100 cm³/mol. The molecule has 1 aliphatic carbocycles. The molecular formula is C18H29N5O3. The molecule has 26 heavy (non-hydrogen) atoms. The number of carbonyl (C=O) groups excluding carboxylic acids is 1. The number of likely N-dealkylation sites (N-methyl/N-ethyl adjacent to an activating group) is 1. The Labute approximate surface area is 154 Å². The fraction of sp³-hybridized carbons (Fsp3) is 0.611. The van der Waals surface area contributed by atoms with Crippen molar-refractivity contribution in [3.63, 3.8) is 0 Å². The molecule has 0 spiro atoms. The van der Waals surface area contributed by atoms with Gasteiger partial charge in [0.05, 0.1) is 6.54 Å². The van der Waals surface area contributed by atoms with E-state index < -0.39 is 5.97 Å². The summed E-state index contributed by atoms with van der Waals surface area (Å²) in [5.74, 6) is 0.0258. The molecule has 0 unspecified atom stereocenters. The average molecular weight is 363 g/mol. The van der Waals surface area contributed by atoms with Crippen LogP contribution in [0.1, 0.15) is 31.7 Å². The molecule has 0 bridgehead atoms. The third-order valence-electron chi connectivity index (χ3n) is 4.57. The summed E-state index contributed by atoms with van der Waals surface area (Å²) in [7, 11) is 0. The van der Waals surface area contributed by atoms with Gasteiger partial charge >= 0.3 is 12.0 Å². The number of urea groups is 1. The number of aromatic nitrogens is 1. The Hall–Kier alpha value is -2.35. The molecule has 144 valence electrons. The highest BCUT2D eigenvalue weighted by molar-refractivity contribution is 5.74. The number of rotatable bonds is 10. The highest BCUT2D eigenvalue weighted by Crippen LogP contribution is 2.25. The Morgan fingerprint density at radius 3 is 2.69 bits per heavy atom. The van der Waals surface area contributed by atoms with E-state index in [4.69, 9.17) is 5.11 Å². The highest BCUT2D eigenvalue weighted by atomic mass is 16.4. The summed E-state index contributed by atoms with van der Waals surface area (Å²) >= 11 is 0. The van der Waals surface area contributed by atoms with Crippen molar-refractivity contribution in [3.8, 4) is 0 Å². The molecule has 1 fully saturated rings. The summed E-state index contributed by atoms with van der Waals surface area (Å²) in [6.45, 7) is 6.04. The van der Waals surface area contributed by atoms with Gasteiger partial charge in [-0.3, -0.25) is 9.69 Å². The molecule has 0 atom stereocenters. The summed E-state index contributed by atoms with van der Waals surface area (Å²) in [5, 5.41) is 17.9. The van der Waals surface area contributed by atoms with E-state index in [9.17, 15) is 9.59 Å². The van der Waals surface area contributed by atoms with Crippen LogP contribution in [0.2, 0.25) is 0 Å². The summed E-state index contributed by atoms with van der Waals surface area (Å²) in [6, 6.07) is 4.14. The summed E-state index contributed by atoms with van der Waals surface area (Å²) in [6.07, 6.45) is 4.22. The van der Waals surface area contributed by atoms with E-state index in [1.807, 2.05) is 37.1 Å². The van der Waals surface area contributed by atoms with E-state index in [2.05, 4.69) is 20.9 Å². The van der Waals surface area contributed by atoms with Crippen molar-refractivity contribution in [2.45, 2.75) is 45.2 Å². The van der Waals surface area contributed by atoms with Crippen LogP contribution >= 0.6 is 0 Å². The number of amides is 2. The van der Waals surface area contributed by atoms with Crippen molar-refractivity contribution in [3.05, 3.63) is 23.9 Å². The lowest BCUT2D eigenvalue weighted by Gasteiger charge is -2.42. The second kappa shape index (κ2) is 9.96. The zero-order valence-corrected chi connectivity index (χ0v) is 15.5. The van der Waals surface area contributed by atoms with Crippen LogP contribution in [0.5, 0.6) is 0 Å². The maximum atomic E-state index is 11.9. The number of hydrogen-bond acceptors (Lipinski definition) is 5. The minimum absolute atomic E-state index is 0.0585. The van der Waals surface area contributed by atoms with Gasteiger partial charge in [0.25, 0.3) is 0 Å². The number of nitrogens with zero attached hydrogens (tertiary/aromatic N) is 2. The van der Waals surface area contributed by atoms with Gasteiger partial charge in [0.15, 0.2) is 0 Å². The van der Waals surface area contributed by atoms with Crippen molar-refractivity contribution in [2.75, 3.05) is 31.5 Å². The van der Waals surface area contributed by atoms with Crippen LogP contribution in [-0.4, -0.2) is 65.3 Å². The Morgan fingerprint density at radius 2 is 2.08 bits per heavy atom. The van der Waals surface area contributed by atoms with Gasteiger partial charge in [0.2, 0.25) is 0 Å². The first-order valence-corrected chi connectivity index (χ1v) is 9.14. The number of hydrogen-bond donors (Lipinski definition) is 4. The van der Waals surface area contributed by atoms with E-state index in [1.165, 1.54) is 0 Å². The summed E-state index contributed by atoms with van der Waals surface area (Å²) in [5.41, 5.74) is 1.12. The largest absolute Gasteiger partial charge is 0.480 e. The van der Waals surface area contributed by atoms with Gasteiger partial charge in [-0.1, -0.05) is 13.0 Å². The molecule has 1 aliphatic rings. The van der Waals surface area contributed by atoms with Crippen LogP contribution in [0, 0.1) is 6.92 Å². The van der Waals surface area contributed by atoms with E-state index in [0.717, 1.165) is 37.2 Å². The molecule has 1 saturated carbocycles. The predicted octanol–water partition coefficient (Wildman–Crippen LogP) is 1.43. The maximum Gasteiger partial charge on any atom is 0.317 e. The van der Waals surface area contributed by atoms with Crippen molar-refractivity contribution < 1.29 is 14.7 Å². The Kier molecular flexibility index (Phi) is 7.65. The summed E-state index contributed by atoms with van der Waals surface area (Å²) in [4.78, 5) is 28.9. The molecule has 8 heteroatoms. The fourth-order valence-electron chi connectivity index (χ4n) is 2.99. The first kappa shape index (κ1) is 20.0.